The first-order chi connectivity index (χ1) is 9.74. The van der Waals surface area contributed by atoms with E-state index in [0.717, 1.165) is 50.9 Å². The van der Waals surface area contributed by atoms with E-state index in [0.29, 0.717) is 5.92 Å². The molecule has 0 spiro atoms. The van der Waals surface area contributed by atoms with Crippen LogP contribution < -0.4 is 4.74 Å². The molecule has 1 aliphatic carbocycles. The smallest absolute Gasteiger partial charge is 0.306 e. The molecule has 0 saturated heterocycles. The predicted molar refractivity (Wildman–Crippen MR) is 77.0 cm³/mol. The second-order valence-corrected chi connectivity index (χ2v) is 6.07. The van der Waals surface area contributed by atoms with Gasteiger partial charge in [-0.2, -0.15) is 0 Å². The molecule has 0 radical (unpaired) electrons. The Morgan fingerprint density at radius 1 is 1.30 bits per heavy atom. The van der Waals surface area contributed by atoms with Crippen molar-refractivity contribution in [3.63, 3.8) is 0 Å². The van der Waals surface area contributed by atoms with Gasteiger partial charge in [-0.15, -0.1) is 0 Å². The van der Waals surface area contributed by atoms with Gasteiger partial charge < -0.3 is 9.84 Å². The number of carboxylic acids is 1. The summed E-state index contributed by atoms with van der Waals surface area (Å²) in [4.78, 5) is 11.3. The standard InChI is InChI=1S/C17H22O3/c18-17(19)15-4-2-1-3-13(15)7-5-12-6-8-16-14(11-12)9-10-20-16/h6,8,11,13,15H,1-5,7,9-10H2,(H,18,19). The maximum Gasteiger partial charge on any atom is 0.306 e. The van der Waals surface area contributed by atoms with Crippen molar-refractivity contribution in [3.05, 3.63) is 29.3 Å². The highest BCUT2D eigenvalue weighted by Crippen LogP contribution is 2.34. The van der Waals surface area contributed by atoms with Crippen LogP contribution in [0.5, 0.6) is 5.75 Å². The molecule has 1 N–H and O–H groups in total. The van der Waals surface area contributed by atoms with E-state index in [-0.39, 0.29) is 5.92 Å². The summed E-state index contributed by atoms with van der Waals surface area (Å²) >= 11 is 0. The van der Waals surface area contributed by atoms with Crippen LogP contribution in [0.2, 0.25) is 0 Å². The molecule has 3 heteroatoms. The maximum absolute atomic E-state index is 11.3. The fourth-order valence-electron chi connectivity index (χ4n) is 3.63. The largest absolute Gasteiger partial charge is 0.493 e. The van der Waals surface area contributed by atoms with Crippen LogP contribution in [-0.2, 0) is 17.6 Å². The maximum atomic E-state index is 11.3. The van der Waals surface area contributed by atoms with Gasteiger partial charge in [0, 0.05) is 6.42 Å². The summed E-state index contributed by atoms with van der Waals surface area (Å²) in [7, 11) is 0. The third-order valence-corrected chi connectivity index (χ3v) is 4.78. The average molecular weight is 274 g/mol. The highest BCUT2D eigenvalue weighted by molar-refractivity contribution is 5.70. The Morgan fingerprint density at radius 2 is 2.15 bits per heavy atom. The fourth-order valence-corrected chi connectivity index (χ4v) is 3.63. The quantitative estimate of drug-likeness (QED) is 0.914. The van der Waals surface area contributed by atoms with Gasteiger partial charge in [0.25, 0.3) is 0 Å². The summed E-state index contributed by atoms with van der Waals surface area (Å²) in [5.74, 6) is 0.652. The minimum Gasteiger partial charge on any atom is -0.493 e. The Balaban J connectivity index is 1.62. The van der Waals surface area contributed by atoms with E-state index >= 15 is 0 Å². The number of carbonyl (C=O) groups is 1. The summed E-state index contributed by atoms with van der Waals surface area (Å²) in [6, 6.07) is 6.43. The van der Waals surface area contributed by atoms with Crippen LogP contribution in [0.4, 0.5) is 0 Å². The lowest BCUT2D eigenvalue weighted by Gasteiger charge is -2.28. The van der Waals surface area contributed by atoms with Gasteiger partial charge in [0.1, 0.15) is 5.75 Å². The summed E-state index contributed by atoms with van der Waals surface area (Å²) in [6.45, 7) is 0.794. The molecule has 1 saturated carbocycles. The van der Waals surface area contributed by atoms with Gasteiger partial charge in [0.05, 0.1) is 12.5 Å². The van der Waals surface area contributed by atoms with Crippen LogP contribution in [0.3, 0.4) is 0 Å². The zero-order valence-corrected chi connectivity index (χ0v) is 11.8. The minimum absolute atomic E-state index is 0.124. The average Bonchev–Trinajstić information content (AvgIpc) is 2.92. The van der Waals surface area contributed by atoms with E-state index in [1.54, 1.807) is 0 Å². The number of aliphatic carboxylic acids is 1. The Morgan fingerprint density at radius 3 is 3.00 bits per heavy atom. The van der Waals surface area contributed by atoms with Crippen LogP contribution in [0.25, 0.3) is 0 Å². The lowest BCUT2D eigenvalue weighted by atomic mass is 9.76. The number of benzene rings is 1. The van der Waals surface area contributed by atoms with Crippen LogP contribution in [-0.4, -0.2) is 17.7 Å². The number of ether oxygens (including phenoxy) is 1. The molecule has 3 nitrogen and oxygen atoms in total. The Kier molecular flexibility index (Phi) is 3.95. The molecule has 1 aromatic carbocycles. The fraction of sp³-hybridized carbons (Fsp3) is 0.588. The van der Waals surface area contributed by atoms with Crippen molar-refractivity contribution < 1.29 is 14.6 Å². The molecule has 0 amide bonds. The molecule has 2 atom stereocenters. The summed E-state index contributed by atoms with van der Waals surface area (Å²) in [5, 5.41) is 9.32. The normalized spacial score (nSPS) is 25.0. The van der Waals surface area contributed by atoms with Crippen molar-refractivity contribution >= 4 is 5.97 Å². The number of fused-ring (bicyclic) bond motifs is 1. The van der Waals surface area contributed by atoms with Crippen LogP contribution in [0.15, 0.2) is 18.2 Å². The molecule has 1 aliphatic heterocycles. The molecular weight excluding hydrogens is 252 g/mol. The first-order valence-electron chi connectivity index (χ1n) is 7.71. The topological polar surface area (TPSA) is 46.5 Å². The monoisotopic (exact) mass is 274 g/mol. The van der Waals surface area contributed by atoms with Gasteiger partial charge in [-0.1, -0.05) is 25.0 Å². The van der Waals surface area contributed by atoms with Crippen molar-refractivity contribution in [2.45, 2.75) is 44.9 Å². The second-order valence-electron chi connectivity index (χ2n) is 6.07. The molecule has 2 aliphatic rings. The lowest BCUT2D eigenvalue weighted by molar-refractivity contribution is -0.145. The zero-order chi connectivity index (χ0) is 13.9. The van der Waals surface area contributed by atoms with Crippen LogP contribution >= 0.6 is 0 Å². The molecule has 0 bridgehead atoms. The Labute approximate surface area is 120 Å². The minimum atomic E-state index is -0.600. The van der Waals surface area contributed by atoms with Crippen LogP contribution in [0, 0.1) is 11.8 Å². The number of rotatable bonds is 4. The molecule has 1 aromatic rings. The highest BCUT2D eigenvalue weighted by atomic mass is 16.5. The third-order valence-electron chi connectivity index (χ3n) is 4.78. The molecule has 0 aromatic heterocycles. The van der Waals surface area contributed by atoms with E-state index in [2.05, 4.69) is 18.2 Å². The van der Waals surface area contributed by atoms with E-state index in [9.17, 15) is 9.90 Å². The van der Waals surface area contributed by atoms with E-state index < -0.39 is 5.97 Å². The lowest BCUT2D eigenvalue weighted by Crippen LogP contribution is -2.27. The van der Waals surface area contributed by atoms with E-state index in [1.807, 2.05) is 0 Å². The van der Waals surface area contributed by atoms with E-state index in [4.69, 9.17) is 4.74 Å². The molecule has 108 valence electrons. The van der Waals surface area contributed by atoms with Crippen molar-refractivity contribution in [1.29, 1.82) is 0 Å². The van der Waals surface area contributed by atoms with Gasteiger partial charge in [0.2, 0.25) is 0 Å². The summed E-state index contributed by atoms with van der Waals surface area (Å²) < 4.78 is 5.52. The zero-order valence-electron chi connectivity index (χ0n) is 11.8. The summed E-state index contributed by atoms with van der Waals surface area (Å²) in [6.07, 6.45) is 7.18. The Bertz CT molecular complexity index is 495. The SMILES string of the molecule is O=C(O)C1CCCCC1CCc1ccc2c(c1)CCO2. The third kappa shape index (κ3) is 2.82. The Hall–Kier alpha value is -1.51. The molecule has 20 heavy (non-hydrogen) atoms. The highest BCUT2D eigenvalue weighted by Gasteiger charge is 2.30. The van der Waals surface area contributed by atoms with Gasteiger partial charge in [-0.3, -0.25) is 4.79 Å². The van der Waals surface area contributed by atoms with Crippen LogP contribution in [0.1, 0.15) is 43.2 Å². The van der Waals surface area contributed by atoms with Gasteiger partial charge >= 0.3 is 5.97 Å². The molecule has 3 rings (SSSR count). The van der Waals surface area contributed by atoms with Crippen molar-refractivity contribution in [2.24, 2.45) is 11.8 Å². The first-order valence-corrected chi connectivity index (χ1v) is 7.71. The number of hydrogen-bond donors (Lipinski definition) is 1. The molecule has 2 unspecified atom stereocenters. The van der Waals surface area contributed by atoms with Gasteiger partial charge in [0.15, 0.2) is 0 Å². The van der Waals surface area contributed by atoms with E-state index in [1.165, 1.54) is 17.5 Å². The van der Waals surface area contributed by atoms with Crippen molar-refractivity contribution in [3.8, 4) is 5.75 Å². The molecule has 1 heterocycles. The molecule has 1 fully saturated rings. The summed E-state index contributed by atoms with van der Waals surface area (Å²) in [5.41, 5.74) is 2.63. The molecular formula is C17H22O3. The number of hydrogen-bond acceptors (Lipinski definition) is 2. The first kappa shape index (κ1) is 13.5. The van der Waals surface area contributed by atoms with Gasteiger partial charge in [-0.25, -0.2) is 0 Å². The second kappa shape index (κ2) is 5.86. The van der Waals surface area contributed by atoms with Gasteiger partial charge in [-0.05, 0) is 48.8 Å². The van der Waals surface area contributed by atoms with Crippen molar-refractivity contribution in [1.82, 2.24) is 0 Å². The number of carboxylic acid groups (broad SMARTS) is 1. The van der Waals surface area contributed by atoms with Crippen molar-refractivity contribution in [2.75, 3.05) is 6.61 Å². The predicted octanol–water partition coefficient (Wildman–Crippen LogP) is 3.45. The number of aryl methyl sites for hydroxylation is 1.